The van der Waals surface area contributed by atoms with Gasteiger partial charge in [-0.2, -0.15) is 13.2 Å². The maximum atomic E-state index is 12.5. The highest BCUT2D eigenvalue weighted by Crippen LogP contribution is 2.31. The van der Waals surface area contributed by atoms with E-state index >= 15 is 0 Å². The number of alkyl halides is 3. The number of ketones is 1. The minimum absolute atomic E-state index is 0.0598. The third-order valence-corrected chi connectivity index (χ3v) is 4.35. The summed E-state index contributed by atoms with van der Waals surface area (Å²) in [7, 11) is 0. The molecule has 1 atom stereocenters. The van der Waals surface area contributed by atoms with Crippen LogP contribution >= 0.6 is 11.3 Å². The molecule has 124 valence electrons. The molecule has 0 radical (unpaired) electrons. The van der Waals surface area contributed by atoms with Gasteiger partial charge in [0, 0.05) is 17.7 Å². The second-order valence-electron chi connectivity index (χ2n) is 5.23. The second kappa shape index (κ2) is 7.12. The highest BCUT2D eigenvalue weighted by atomic mass is 32.1. The van der Waals surface area contributed by atoms with Crippen LogP contribution < -0.4 is 0 Å². The van der Waals surface area contributed by atoms with Gasteiger partial charge in [0.25, 0.3) is 0 Å². The van der Waals surface area contributed by atoms with Gasteiger partial charge in [-0.15, -0.1) is 11.3 Å². The third kappa shape index (κ3) is 4.54. The topological polar surface area (TPSA) is 47.3 Å². The van der Waals surface area contributed by atoms with Gasteiger partial charge >= 0.3 is 6.18 Å². The Labute approximate surface area is 135 Å². The maximum Gasteiger partial charge on any atom is 0.449 e. The summed E-state index contributed by atoms with van der Waals surface area (Å²) in [6.07, 6.45) is -2.54. The average molecular weight is 344 g/mol. The number of hydrogen-bond acceptors (Lipinski definition) is 4. The summed E-state index contributed by atoms with van der Waals surface area (Å²) in [4.78, 5) is 24.1. The molecule has 0 saturated carbocycles. The zero-order valence-corrected chi connectivity index (χ0v) is 13.2. The fraction of sp³-hybridized carbons (Fsp3) is 0.375. The first kappa shape index (κ1) is 17.5. The van der Waals surface area contributed by atoms with Gasteiger partial charge in [-0.1, -0.05) is 0 Å². The first-order chi connectivity index (χ1) is 10.8. The first-order valence-electron chi connectivity index (χ1n) is 6.97. The van der Waals surface area contributed by atoms with Crippen molar-refractivity contribution >= 4 is 23.4 Å². The number of carbonyl (C=O) groups excluding carboxylic acids is 2. The second-order valence-corrected chi connectivity index (χ2v) is 6.34. The predicted molar refractivity (Wildman–Crippen MR) is 79.5 cm³/mol. The van der Waals surface area contributed by atoms with Crippen LogP contribution in [0.4, 0.5) is 13.2 Å². The smallest absolute Gasteiger partial charge is 0.449 e. The van der Waals surface area contributed by atoms with Gasteiger partial charge in [0.1, 0.15) is 12.1 Å². The van der Waals surface area contributed by atoms with E-state index in [4.69, 9.17) is 0 Å². The van der Waals surface area contributed by atoms with E-state index in [9.17, 15) is 22.8 Å². The molecule has 2 rings (SSSR count). The molecular weight excluding hydrogens is 329 g/mol. The van der Waals surface area contributed by atoms with E-state index in [0.29, 0.717) is 11.8 Å². The fourth-order valence-corrected chi connectivity index (χ4v) is 3.05. The van der Waals surface area contributed by atoms with Gasteiger partial charge in [0.05, 0.1) is 12.2 Å². The Hall–Kier alpha value is -1.89. The molecule has 0 spiro atoms. The lowest BCUT2D eigenvalue weighted by molar-refractivity contribution is -0.153. The number of aryl methyl sites for hydroxylation is 2. The number of carbonyl (C=O) groups is 2. The van der Waals surface area contributed by atoms with E-state index in [0.717, 1.165) is 22.8 Å². The molecule has 1 unspecified atom stereocenters. The van der Waals surface area contributed by atoms with Crippen molar-refractivity contribution < 1.29 is 27.2 Å². The first-order valence-corrected chi connectivity index (χ1v) is 7.85. The van der Waals surface area contributed by atoms with Crippen LogP contribution in [-0.4, -0.2) is 12.1 Å². The lowest BCUT2D eigenvalue weighted by Gasteiger charge is -2.11. The van der Waals surface area contributed by atoms with Crippen molar-refractivity contribution in [2.45, 2.75) is 38.3 Å². The molecule has 0 aliphatic rings. The highest BCUT2D eigenvalue weighted by Gasteiger charge is 2.34. The molecule has 0 amide bonds. The highest BCUT2D eigenvalue weighted by molar-refractivity contribution is 7.10. The van der Waals surface area contributed by atoms with Crippen molar-refractivity contribution in [2.24, 2.45) is 0 Å². The van der Waals surface area contributed by atoms with Crippen LogP contribution in [0.5, 0.6) is 0 Å². The van der Waals surface area contributed by atoms with Crippen molar-refractivity contribution in [3.8, 4) is 0 Å². The fourth-order valence-electron chi connectivity index (χ4n) is 2.29. The number of thiophene rings is 1. The van der Waals surface area contributed by atoms with Gasteiger partial charge in [-0.25, -0.2) is 0 Å². The number of rotatable bonds is 7. The van der Waals surface area contributed by atoms with Gasteiger partial charge in [-0.05, 0) is 42.0 Å². The molecule has 0 bridgehead atoms. The van der Waals surface area contributed by atoms with Crippen LogP contribution in [-0.2, 0) is 22.2 Å². The summed E-state index contributed by atoms with van der Waals surface area (Å²) < 4.78 is 41.8. The van der Waals surface area contributed by atoms with E-state index in [1.165, 1.54) is 11.3 Å². The molecule has 23 heavy (non-hydrogen) atoms. The summed E-state index contributed by atoms with van der Waals surface area (Å²) in [6, 6.07) is 2.76. The number of halogens is 3. The van der Waals surface area contributed by atoms with Crippen molar-refractivity contribution in [3.63, 3.8) is 0 Å². The molecule has 2 aromatic heterocycles. The third-order valence-electron chi connectivity index (χ3n) is 3.47. The van der Waals surface area contributed by atoms with Crippen molar-refractivity contribution in [1.29, 1.82) is 0 Å². The van der Waals surface area contributed by atoms with E-state index in [1.54, 1.807) is 0 Å². The number of hydrogen-bond donors (Lipinski definition) is 0. The summed E-state index contributed by atoms with van der Waals surface area (Å²) >= 11 is 1.49. The molecule has 0 aliphatic heterocycles. The predicted octanol–water partition coefficient (Wildman–Crippen LogP) is 4.54. The zero-order chi connectivity index (χ0) is 17.0. The molecular formula is C16H15F3O3S. The van der Waals surface area contributed by atoms with Crippen molar-refractivity contribution in [3.05, 3.63) is 45.5 Å². The molecule has 0 aliphatic carbocycles. The number of aldehydes is 1. The molecule has 0 saturated heterocycles. The number of furan rings is 1. The Bertz CT molecular complexity index is 685. The number of Topliss-reactive ketones (excluding diaryl/α,β-unsaturated/α-hetero) is 1. The summed E-state index contributed by atoms with van der Waals surface area (Å²) in [5.74, 6) is -1.77. The largest absolute Gasteiger partial charge is 0.459 e. The van der Waals surface area contributed by atoms with Gasteiger partial charge in [0.15, 0.2) is 0 Å². The normalized spacial score (nSPS) is 13.0. The lowest BCUT2D eigenvalue weighted by atomic mass is 9.91. The van der Waals surface area contributed by atoms with Crippen molar-refractivity contribution in [1.82, 2.24) is 0 Å². The van der Waals surface area contributed by atoms with Crippen LogP contribution in [0.15, 0.2) is 28.2 Å². The minimum atomic E-state index is -4.53. The van der Waals surface area contributed by atoms with Crippen LogP contribution in [0.25, 0.3) is 0 Å². The van der Waals surface area contributed by atoms with Crippen LogP contribution in [0.2, 0.25) is 0 Å². The SMILES string of the molecule is Cc1cc(C(CC=O)C(=O)CCc2coc(C(F)(F)F)c2)cs1. The van der Waals surface area contributed by atoms with E-state index in [-0.39, 0.29) is 25.0 Å². The van der Waals surface area contributed by atoms with E-state index in [1.807, 2.05) is 18.4 Å². The lowest BCUT2D eigenvalue weighted by Crippen LogP contribution is -2.13. The average Bonchev–Trinajstić information content (AvgIpc) is 3.10. The Kier molecular flexibility index (Phi) is 5.41. The molecule has 0 aromatic carbocycles. The summed E-state index contributed by atoms with van der Waals surface area (Å²) in [5, 5.41) is 1.83. The quantitative estimate of drug-likeness (QED) is 0.693. The molecule has 0 N–H and O–H groups in total. The van der Waals surface area contributed by atoms with E-state index in [2.05, 4.69) is 4.42 Å². The standard InChI is InChI=1S/C16H15F3O3S/c1-10-6-12(9-23-10)13(4-5-20)14(21)3-2-11-7-15(22-8-11)16(17,18)19/h5-9,13H,2-4H2,1H3. The molecule has 2 heterocycles. The molecule has 0 fully saturated rings. The maximum absolute atomic E-state index is 12.5. The minimum Gasteiger partial charge on any atom is -0.459 e. The Morgan fingerprint density at radius 2 is 2.13 bits per heavy atom. The monoisotopic (exact) mass is 344 g/mol. The molecule has 2 aromatic rings. The van der Waals surface area contributed by atoms with Crippen LogP contribution in [0.1, 0.15) is 40.5 Å². The Morgan fingerprint density at radius 1 is 1.39 bits per heavy atom. The Morgan fingerprint density at radius 3 is 2.65 bits per heavy atom. The molecule has 3 nitrogen and oxygen atoms in total. The zero-order valence-electron chi connectivity index (χ0n) is 12.4. The van der Waals surface area contributed by atoms with Crippen molar-refractivity contribution in [2.75, 3.05) is 0 Å². The summed E-state index contributed by atoms with van der Waals surface area (Å²) in [6.45, 7) is 1.90. The van der Waals surface area contributed by atoms with Crippen LogP contribution in [0, 0.1) is 6.92 Å². The van der Waals surface area contributed by atoms with Crippen LogP contribution in [0.3, 0.4) is 0 Å². The van der Waals surface area contributed by atoms with Gasteiger partial charge in [-0.3, -0.25) is 4.79 Å². The van der Waals surface area contributed by atoms with Gasteiger partial charge < -0.3 is 9.21 Å². The Balaban J connectivity index is 2.02. The van der Waals surface area contributed by atoms with Gasteiger partial charge in [0.2, 0.25) is 5.76 Å². The summed E-state index contributed by atoms with van der Waals surface area (Å²) in [5.41, 5.74) is 1.10. The molecule has 7 heteroatoms. The van der Waals surface area contributed by atoms with E-state index < -0.39 is 17.9 Å².